The summed E-state index contributed by atoms with van der Waals surface area (Å²) in [5, 5.41) is 9.36. The third-order valence-electron chi connectivity index (χ3n) is 7.34. The second kappa shape index (κ2) is 7.68. The lowest BCUT2D eigenvalue weighted by Gasteiger charge is -2.45. The van der Waals surface area contributed by atoms with E-state index in [1.807, 2.05) is 31.7 Å². The van der Waals surface area contributed by atoms with Gasteiger partial charge in [-0.05, 0) is 31.9 Å². The molecule has 5 rings (SSSR count). The standard InChI is InChI=1S/C25H31N7O/c1-17-14-30(23(33)24(2,3)4)10-11-31(17)21-20-22(29-16-28-21)32(15-25(20)7-5-8-25)19-12-18(13-26)6-9-27-19/h6,9,12,16-17H,5,7-8,10-11,14-15H2,1-4H3/t17-/m0/s1. The highest BCUT2D eigenvalue weighted by Crippen LogP contribution is 2.56. The Hall–Kier alpha value is -3.21. The fourth-order valence-corrected chi connectivity index (χ4v) is 5.49. The zero-order valence-electron chi connectivity index (χ0n) is 19.9. The largest absolute Gasteiger partial charge is 0.350 e. The van der Waals surface area contributed by atoms with Crippen molar-refractivity contribution in [2.24, 2.45) is 5.41 Å². The summed E-state index contributed by atoms with van der Waals surface area (Å²) in [6, 6.07) is 5.94. The van der Waals surface area contributed by atoms with Gasteiger partial charge in [0.2, 0.25) is 5.91 Å². The quantitative estimate of drug-likeness (QED) is 0.700. The molecule has 1 spiro atoms. The van der Waals surface area contributed by atoms with Crippen LogP contribution in [0.3, 0.4) is 0 Å². The molecule has 2 aromatic heterocycles. The molecule has 0 unspecified atom stereocenters. The van der Waals surface area contributed by atoms with Gasteiger partial charge >= 0.3 is 0 Å². The van der Waals surface area contributed by atoms with E-state index in [0.29, 0.717) is 18.7 Å². The molecular formula is C25H31N7O. The van der Waals surface area contributed by atoms with Gasteiger partial charge in [-0.2, -0.15) is 5.26 Å². The van der Waals surface area contributed by atoms with Crippen LogP contribution in [-0.2, 0) is 10.2 Å². The molecule has 0 aromatic carbocycles. The van der Waals surface area contributed by atoms with E-state index in [9.17, 15) is 10.1 Å². The smallest absolute Gasteiger partial charge is 0.228 e. The molecule has 8 nitrogen and oxygen atoms in total. The summed E-state index contributed by atoms with van der Waals surface area (Å²) in [4.78, 5) is 33.4. The number of rotatable bonds is 2. The number of fused-ring (bicyclic) bond motifs is 2. The molecule has 1 atom stereocenters. The number of hydrogen-bond donors (Lipinski definition) is 0. The number of carbonyl (C=O) groups is 1. The van der Waals surface area contributed by atoms with Crippen molar-refractivity contribution in [2.75, 3.05) is 36.0 Å². The van der Waals surface area contributed by atoms with E-state index in [2.05, 4.69) is 27.8 Å². The molecule has 2 aliphatic heterocycles. The summed E-state index contributed by atoms with van der Waals surface area (Å²) >= 11 is 0. The van der Waals surface area contributed by atoms with Crippen LogP contribution in [-0.4, -0.2) is 58.0 Å². The molecule has 172 valence electrons. The number of anilines is 3. The van der Waals surface area contributed by atoms with Crippen molar-refractivity contribution in [3.8, 4) is 6.07 Å². The maximum atomic E-state index is 12.9. The Morgan fingerprint density at radius 2 is 1.94 bits per heavy atom. The third kappa shape index (κ3) is 3.50. The van der Waals surface area contributed by atoms with E-state index in [4.69, 9.17) is 9.97 Å². The minimum atomic E-state index is -0.375. The van der Waals surface area contributed by atoms with Crippen LogP contribution in [0.25, 0.3) is 0 Å². The van der Waals surface area contributed by atoms with Gasteiger partial charge in [0.15, 0.2) is 0 Å². The summed E-state index contributed by atoms with van der Waals surface area (Å²) < 4.78 is 0. The zero-order valence-corrected chi connectivity index (χ0v) is 19.9. The molecule has 0 bridgehead atoms. The van der Waals surface area contributed by atoms with Crippen molar-refractivity contribution >= 4 is 23.4 Å². The van der Waals surface area contributed by atoms with Crippen molar-refractivity contribution in [1.82, 2.24) is 19.9 Å². The Morgan fingerprint density at radius 3 is 2.58 bits per heavy atom. The zero-order chi connectivity index (χ0) is 23.4. The molecule has 0 N–H and O–H groups in total. The van der Waals surface area contributed by atoms with Crippen LogP contribution in [0.2, 0.25) is 0 Å². The highest BCUT2D eigenvalue weighted by molar-refractivity contribution is 5.82. The van der Waals surface area contributed by atoms with Gasteiger partial charge in [0.25, 0.3) is 0 Å². The van der Waals surface area contributed by atoms with Gasteiger partial charge in [-0.15, -0.1) is 0 Å². The van der Waals surface area contributed by atoms with Crippen molar-refractivity contribution in [1.29, 1.82) is 5.26 Å². The number of hydrogen-bond acceptors (Lipinski definition) is 7. The summed E-state index contributed by atoms with van der Waals surface area (Å²) in [7, 11) is 0. The first-order valence-electron chi connectivity index (χ1n) is 11.8. The van der Waals surface area contributed by atoms with Gasteiger partial charge in [0.1, 0.15) is 23.8 Å². The minimum absolute atomic E-state index is 0.0222. The average Bonchev–Trinajstić information content (AvgIpc) is 3.14. The Bertz CT molecular complexity index is 1130. The fraction of sp³-hybridized carbons (Fsp3) is 0.560. The first-order chi connectivity index (χ1) is 15.7. The van der Waals surface area contributed by atoms with Crippen LogP contribution in [0.5, 0.6) is 0 Å². The first kappa shape index (κ1) is 21.6. The molecule has 1 amide bonds. The lowest BCUT2D eigenvalue weighted by atomic mass is 9.66. The van der Waals surface area contributed by atoms with Crippen LogP contribution in [0.15, 0.2) is 24.7 Å². The molecule has 1 saturated carbocycles. The van der Waals surface area contributed by atoms with Gasteiger partial charge in [-0.25, -0.2) is 15.0 Å². The molecule has 1 aliphatic carbocycles. The predicted molar refractivity (Wildman–Crippen MR) is 126 cm³/mol. The van der Waals surface area contributed by atoms with Crippen molar-refractivity contribution < 1.29 is 4.79 Å². The second-order valence-electron chi connectivity index (χ2n) is 10.7. The number of nitrogens with zero attached hydrogens (tertiary/aromatic N) is 7. The number of aromatic nitrogens is 3. The SMILES string of the molecule is C[C@H]1CN(C(=O)C(C)(C)C)CCN1c1ncnc2c1C1(CCC1)CN2c1cc(C#N)ccn1. The molecule has 33 heavy (non-hydrogen) atoms. The maximum Gasteiger partial charge on any atom is 0.228 e. The third-order valence-corrected chi connectivity index (χ3v) is 7.34. The second-order valence-corrected chi connectivity index (χ2v) is 10.7. The first-order valence-corrected chi connectivity index (χ1v) is 11.8. The van der Waals surface area contributed by atoms with E-state index in [1.165, 1.54) is 12.0 Å². The van der Waals surface area contributed by atoms with Crippen LogP contribution >= 0.6 is 0 Å². The van der Waals surface area contributed by atoms with Gasteiger partial charge < -0.3 is 14.7 Å². The molecule has 8 heteroatoms. The highest BCUT2D eigenvalue weighted by Gasteiger charge is 2.51. The minimum Gasteiger partial charge on any atom is -0.350 e. The van der Waals surface area contributed by atoms with Crippen molar-refractivity contribution in [2.45, 2.75) is 58.4 Å². The highest BCUT2D eigenvalue weighted by atomic mass is 16.2. The Kier molecular flexibility index (Phi) is 5.04. The van der Waals surface area contributed by atoms with Gasteiger partial charge in [0.05, 0.1) is 11.6 Å². The van der Waals surface area contributed by atoms with E-state index in [1.54, 1.807) is 18.6 Å². The van der Waals surface area contributed by atoms with E-state index in [0.717, 1.165) is 43.4 Å². The molecule has 3 aliphatic rings. The Morgan fingerprint density at radius 1 is 1.18 bits per heavy atom. The summed E-state index contributed by atoms with van der Waals surface area (Å²) in [5.74, 6) is 2.86. The maximum absolute atomic E-state index is 12.9. The summed E-state index contributed by atoms with van der Waals surface area (Å²) in [6.07, 6.45) is 6.73. The Labute approximate surface area is 195 Å². The number of nitriles is 1. The summed E-state index contributed by atoms with van der Waals surface area (Å²) in [5.41, 5.74) is 1.45. The molecule has 2 fully saturated rings. The average molecular weight is 446 g/mol. The van der Waals surface area contributed by atoms with Gasteiger partial charge in [-0.1, -0.05) is 27.2 Å². The fourth-order valence-electron chi connectivity index (χ4n) is 5.49. The Balaban J connectivity index is 1.50. The molecule has 2 aromatic rings. The molecule has 0 radical (unpaired) electrons. The van der Waals surface area contributed by atoms with E-state index in [-0.39, 0.29) is 22.8 Å². The van der Waals surface area contributed by atoms with Crippen LogP contribution < -0.4 is 9.80 Å². The number of piperazine rings is 1. The lowest BCUT2D eigenvalue weighted by molar-refractivity contribution is -0.140. The van der Waals surface area contributed by atoms with Crippen LogP contribution in [0.1, 0.15) is 58.1 Å². The molecular weight excluding hydrogens is 414 g/mol. The van der Waals surface area contributed by atoms with Crippen molar-refractivity contribution in [3.63, 3.8) is 0 Å². The molecule has 1 saturated heterocycles. The number of pyridine rings is 1. The number of amides is 1. The predicted octanol–water partition coefficient (Wildman–Crippen LogP) is 3.40. The lowest BCUT2D eigenvalue weighted by Crippen LogP contribution is -2.56. The van der Waals surface area contributed by atoms with E-state index >= 15 is 0 Å². The van der Waals surface area contributed by atoms with Crippen molar-refractivity contribution in [3.05, 3.63) is 35.8 Å². The topological polar surface area (TPSA) is 89.3 Å². The van der Waals surface area contributed by atoms with Crippen LogP contribution in [0, 0.1) is 16.7 Å². The van der Waals surface area contributed by atoms with Gasteiger partial charge in [-0.3, -0.25) is 4.79 Å². The van der Waals surface area contributed by atoms with Crippen LogP contribution in [0.4, 0.5) is 17.5 Å². The summed E-state index contributed by atoms with van der Waals surface area (Å²) in [6.45, 7) is 11.1. The molecule has 4 heterocycles. The normalized spacial score (nSPS) is 21.5. The van der Waals surface area contributed by atoms with E-state index < -0.39 is 0 Å². The van der Waals surface area contributed by atoms with Gasteiger partial charge in [0, 0.05) is 54.8 Å². The number of carbonyl (C=O) groups excluding carboxylic acids is 1. The monoisotopic (exact) mass is 445 g/mol.